The summed E-state index contributed by atoms with van der Waals surface area (Å²) in [6.07, 6.45) is 10.2. The molecule has 0 aromatic rings. The van der Waals surface area contributed by atoms with Crippen LogP contribution in [0.15, 0.2) is 0 Å². The molecule has 4 aliphatic rings. The van der Waals surface area contributed by atoms with Gasteiger partial charge in [-0.15, -0.1) is 0 Å². The number of likely N-dealkylation sites (tertiary alicyclic amines) is 1. The minimum Gasteiger partial charge on any atom is -0.371 e. The van der Waals surface area contributed by atoms with Crippen molar-refractivity contribution in [1.82, 2.24) is 9.80 Å². The number of ketones is 1. The van der Waals surface area contributed by atoms with E-state index in [1.165, 1.54) is 25.7 Å². The molecule has 2 spiro atoms. The first kappa shape index (κ1) is 22.7. The largest absolute Gasteiger partial charge is 0.371 e. The zero-order valence-electron chi connectivity index (χ0n) is 19.2. The number of hydrogen-bond acceptors (Lipinski definition) is 4. The highest BCUT2D eigenvalue weighted by Gasteiger charge is 2.50. The summed E-state index contributed by atoms with van der Waals surface area (Å²) in [6, 6.07) is 0.730. The first-order valence-corrected chi connectivity index (χ1v) is 12.1. The normalized spacial score (nSPS) is 34.3. The molecule has 2 saturated carbocycles. The lowest BCUT2D eigenvalue weighted by molar-refractivity contribution is -0.163. The maximum absolute atomic E-state index is 12.0. The Bertz CT molecular complexity index is 567. The van der Waals surface area contributed by atoms with Gasteiger partial charge in [-0.1, -0.05) is 20.8 Å². The van der Waals surface area contributed by atoms with Crippen LogP contribution in [-0.2, 0) is 14.3 Å². The molecule has 2 heterocycles. The molecule has 0 radical (unpaired) electrons. The summed E-state index contributed by atoms with van der Waals surface area (Å²) in [5.41, 5.74) is 0.442. The van der Waals surface area contributed by atoms with Gasteiger partial charge in [-0.25, -0.2) is 0 Å². The molecule has 166 valence electrons. The van der Waals surface area contributed by atoms with Gasteiger partial charge in [-0.2, -0.15) is 0 Å². The number of rotatable bonds is 3. The number of hydrogen-bond donors (Lipinski definition) is 0. The van der Waals surface area contributed by atoms with Crippen LogP contribution in [0.1, 0.15) is 85.5 Å². The van der Waals surface area contributed by atoms with Crippen LogP contribution in [0.3, 0.4) is 0 Å². The van der Waals surface area contributed by atoms with E-state index in [4.69, 9.17) is 4.74 Å². The smallest absolute Gasteiger partial charge is 0.219 e. The zero-order chi connectivity index (χ0) is 21.1. The summed E-state index contributed by atoms with van der Waals surface area (Å²) < 4.78 is 6.17. The van der Waals surface area contributed by atoms with Crippen LogP contribution in [0.25, 0.3) is 0 Å². The van der Waals surface area contributed by atoms with Gasteiger partial charge < -0.3 is 14.5 Å². The van der Waals surface area contributed by atoms with Crippen LogP contribution >= 0.6 is 0 Å². The molecule has 29 heavy (non-hydrogen) atoms. The molecule has 0 aromatic heterocycles. The fraction of sp³-hybridized carbons (Fsp3) is 0.917. The van der Waals surface area contributed by atoms with E-state index in [9.17, 15) is 9.59 Å². The van der Waals surface area contributed by atoms with Gasteiger partial charge in [-0.05, 0) is 56.8 Å². The quantitative estimate of drug-likeness (QED) is 0.710. The SMILES string of the molecule is CC.CCC(=O)C1CCC2(CC1)CC(N1CCC3(CC1)CN(C(C)=O)CCO3)C2. The monoisotopic (exact) mass is 406 g/mol. The van der Waals surface area contributed by atoms with Crippen molar-refractivity contribution in [2.75, 3.05) is 32.8 Å². The molecule has 2 aliphatic carbocycles. The third-order valence-electron chi connectivity index (χ3n) is 8.11. The molecule has 5 heteroatoms. The van der Waals surface area contributed by atoms with Gasteiger partial charge >= 0.3 is 0 Å². The van der Waals surface area contributed by atoms with Crippen LogP contribution in [0.5, 0.6) is 0 Å². The fourth-order valence-corrected chi connectivity index (χ4v) is 6.16. The van der Waals surface area contributed by atoms with E-state index in [1.54, 1.807) is 6.92 Å². The van der Waals surface area contributed by atoms with E-state index in [2.05, 4.69) is 4.90 Å². The average molecular weight is 407 g/mol. The van der Waals surface area contributed by atoms with Gasteiger partial charge in [0.15, 0.2) is 0 Å². The maximum atomic E-state index is 12.0. The highest BCUT2D eigenvalue weighted by Crippen LogP contribution is 2.55. The second kappa shape index (κ2) is 9.47. The zero-order valence-corrected chi connectivity index (χ0v) is 19.2. The van der Waals surface area contributed by atoms with E-state index >= 15 is 0 Å². The maximum Gasteiger partial charge on any atom is 0.219 e. The predicted octanol–water partition coefficient (Wildman–Crippen LogP) is 4.04. The second-order valence-corrected chi connectivity index (χ2v) is 9.66. The van der Waals surface area contributed by atoms with E-state index in [0.717, 1.165) is 57.9 Å². The summed E-state index contributed by atoms with van der Waals surface area (Å²) in [4.78, 5) is 28.4. The van der Waals surface area contributed by atoms with Crippen molar-refractivity contribution in [3.8, 4) is 0 Å². The lowest BCUT2D eigenvalue weighted by Gasteiger charge is -2.57. The van der Waals surface area contributed by atoms with Gasteiger partial charge in [0.25, 0.3) is 0 Å². The summed E-state index contributed by atoms with van der Waals surface area (Å²) in [5, 5.41) is 0. The number of morpholine rings is 1. The first-order valence-electron chi connectivity index (χ1n) is 12.1. The number of Topliss-reactive ketones (excluding diaryl/α,β-unsaturated/α-hetero) is 1. The Morgan fingerprint density at radius 1 is 1.00 bits per heavy atom. The number of carbonyl (C=O) groups excluding carboxylic acids is 2. The van der Waals surface area contributed by atoms with Gasteiger partial charge in [0, 0.05) is 51.5 Å². The molecular weight excluding hydrogens is 364 g/mol. The fourth-order valence-electron chi connectivity index (χ4n) is 6.16. The van der Waals surface area contributed by atoms with Crippen LogP contribution in [-0.4, -0.2) is 65.9 Å². The Morgan fingerprint density at radius 2 is 1.62 bits per heavy atom. The molecule has 0 unspecified atom stereocenters. The van der Waals surface area contributed by atoms with Crippen molar-refractivity contribution < 1.29 is 14.3 Å². The Kier molecular flexibility index (Phi) is 7.42. The minimum absolute atomic E-state index is 0.0968. The van der Waals surface area contributed by atoms with Crippen molar-refractivity contribution in [1.29, 1.82) is 0 Å². The van der Waals surface area contributed by atoms with E-state index in [1.807, 2.05) is 25.7 Å². The molecule has 5 nitrogen and oxygen atoms in total. The third kappa shape index (κ3) is 4.87. The van der Waals surface area contributed by atoms with Crippen LogP contribution in [0, 0.1) is 11.3 Å². The summed E-state index contributed by atoms with van der Waals surface area (Å²) >= 11 is 0. The number of carbonyl (C=O) groups is 2. The van der Waals surface area contributed by atoms with Crippen molar-refractivity contribution in [3.05, 3.63) is 0 Å². The summed E-state index contributed by atoms with van der Waals surface area (Å²) in [6.45, 7) is 12.1. The number of amides is 1. The van der Waals surface area contributed by atoms with Crippen molar-refractivity contribution >= 4 is 11.7 Å². The Labute approximate surface area is 177 Å². The van der Waals surface area contributed by atoms with E-state index in [-0.39, 0.29) is 11.5 Å². The van der Waals surface area contributed by atoms with Crippen LogP contribution < -0.4 is 0 Å². The molecule has 2 saturated heterocycles. The van der Waals surface area contributed by atoms with Crippen LogP contribution in [0.2, 0.25) is 0 Å². The Hall–Kier alpha value is -0.940. The number of ether oxygens (including phenoxy) is 1. The molecular formula is C24H42N2O3. The van der Waals surface area contributed by atoms with E-state index in [0.29, 0.717) is 30.1 Å². The number of piperidine rings is 1. The summed E-state index contributed by atoms with van der Waals surface area (Å²) in [5.74, 6) is 1.01. The molecule has 1 amide bonds. The predicted molar refractivity (Wildman–Crippen MR) is 116 cm³/mol. The minimum atomic E-state index is -0.0968. The van der Waals surface area contributed by atoms with Gasteiger partial charge in [-0.3, -0.25) is 9.59 Å². The Balaban J connectivity index is 0.00000117. The second-order valence-electron chi connectivity index (χ2n) is 9.66. The average Bonchev–Trinajstić information content (AvgIpc) is 2.74. The first-order chi connectivity index (χ1) is 13.9. The molecule has 0 atom stereocenters. The van der Waals surface area contributed by atoms with Crippen molar-refractivity contribution in [2.45, 2.75) is 97.1 Å². The van der Waals surface area contributed by atoms with Gasteiger partial charge in [0.05, 0.1) is 12.2 Å². The standard InChI is InChI=1S/C22H36N2O3.C2H6/c1-3-20(26)18-4-6-21(7-5-18)14-19(15-21)23-10-8-22(9-11-23)16-24(17(2)25)12-13-27-22;1-2/h18-19H,3-16H2,1-2H3;1-2H3. The van der Waals surface area contributed by atoms with E-state index < -0.39 is 0 Å². The van der Waals surface area contributed by atoms with Crippen molar-refractivity contribution in [2.24, 2.45) is 11.3 Å². The molecule has 4 rings (SSSR count). The topological polar surface area (TPSA) is 49.9 Å². The highest BCUT2D eigenvalue weighted by molar-refractivity contribution is 5.80. The van der Waals surface area contributed by atoms with Crippen LogP contribution in [0.4, 0.5) is 0 Å². The highest BCUT2D eigenvalue weighted by atomic mass is 16.5. The summed E-state index contributed by atoms with van der Waals surface area (Å²) in [7, 11) is 0. The van der Waals surface area contributed by atoms with Gasteiger partial charge in [0.1, 0.15) is 5.78 Å². The van der Waals surface area contributed by atoms with Crippen molar-refractivity contribution in [3.63, 3.8) is 0 Å². The lowest BCUT2D eigenvalue weighted by Crippen LogP contribution is -2.61. The molecule has 0 bridgehead atoms. The molecule has 4 fully saturated rings. The Morgan fingerprint density at radius 3 is 2.17 bits per heavy atom. The third-order valence-corrected chi connectivity index (χ3v) is 8.11. The molecule has 2 aliphatic heterocycles. The molecule has 0 N–H and O–H groups in total. The lowest BCUT2D eigenvalue weighted by atomic mass is 9.56. The molecule has 0 aromatic carbocycles. The number of nitrogens with zero attached hydrogens (tertiary/aromatic N) is 2. The van der Waals surface area contributed by atoms with Gasteiger partial charge in [0.2, 0.25) is 5.91 Å².